The van der Waals surface area contributed by atoms with Gasteiger partial charge in [-0.05, 0) is 6.42 Å². The first-order valence-corrected chi connectivity index (χ1v) is 1.32. The molecule has 0 fully saturated rings. The fourth-order valence-corrected chi connectivity index (χ4v) is 0. The van der Waals surface area contributed by atoms with Gasteiger partial charge in [0.1, 0.15) is 0 Å². The van der Waals surface area contributed by atoms with Crippen LogP contribution in [0.25, 0.3) is 0 Å². The standard InChI is InChI=1S/C3H7O.Ni/c1-2-3-4;/h4H,1-3H2;. The molecule has 0 aromatic carbocycles. The van der Waals surface area contributed by atoms with Crippen LogP contribution < -0.4 is 0 Å². The van der Waals surface area contributed by atoms with Gasteiger partial charge in [-0.1, -0.05) is 6.92 Å². The van der Waals surface area contributed by atoms with Gasteiger partial charge in [0, 0.05) is 23.1 Å². The average Bonchev–Trinajstić information content (AvgIpc) is 1.37. The van der Waals surface area contributed by atoms with Crippen LogP contribution in [0, 0.1) is 6.92 Å². The van der Waals surface area contributed by atoms with E-state index in [0.29, 0.717) is 6.42 Å². The van der Waals surface area contributed by atoms with Crippen LogP contribution in [0.3, 0.4) is 0 Å². The molecule has 0 unspecified atom stereocenters. The van der Waals surface area contributed by atoms with Crippen molar-refractivity contribution in [3.63, 3.8) is 0 Å². The molecule has 5 heavy (non-hydrogen) atoms. The number of rotatable bonds is 1. The maximum Gasteiger partial charge on any atom is 0.0431 e. The second-order valence-corrected chi connectivity index (χ2v) is 0.577. The molecule has 0 aromatic rings. The molecule has 35 valence electrons. The fraction of sp³-hybridized carbons (Fsp3) is 0.667. The summed E-state index contributed by atoms with van der Waals surface area (Å²) in [6.07, 6.45) is 0.625. The van der Waals surface area contributed by atoms with E-state index in [2.05, 4.69) is 6.92 Å². The Morgan fingerprint density at radius 1 is 1.60 bits per heavy atom. The van der Waals surface area contributed by atoms with Crippen LogP contribution in [0.1, 0.15) is 6.42 Å². The van der Waals surface area contributed by atoms with Gasteiger partial charge in [0.15, 0.2) is 0 Å². The van der Waals surface area contributed by atoms with E-state index < -0.39 is 0 Å². The van der Waals surface area contributed by atoms with Gasteiger partial charge in [0.05, 0.1) is 0 Å². The first kappa shape index (κ1) is 9.07. The molecule has 1 nitrogen and oxygen atoms in total. The van der Waals surface area contributed by atoms with E-state index in [4.69, 9.17) is 5.11 Å². The molecular formula is C3H7NiO. The minimum atomic E-state index is 0. The molecular weight excluding hydrogens is 111 g/mol. The molecule has 0 rings (SSSR count). The van der Waals surface area contributed by atoms with Gasteiger partial charge in [-0.15, -0.1) is 0 Å². The minimum absolute atomic E-state index is 0. The second-order valence-electron chi connectivity index (χ2n) is 0.577. The van der Waals surface area contributed by atoms with E-state index in [-0.39, 0.29) is 23.1 Å². The van der Waals surface area contributed by atoms with Gasteiger partial charge in [0.25, 0.3) is 0 Å². The van der Waals surface area contributed by atoms with Crippen molar-refractivity contribution in [2.75, 3.05) is 6.61 Å². The predicted molar refractivity (Wildman–Crippen MR) is 17.1 cm³/mol. The third-order valence-electron chi connectivity index (χ3n) is 0.158. The molecule has 0 bridgehead atoms. The van der Waals surface area contributed by atoms with Gasteiger partial charge in [0.2, 0.25) is 0 Å². The second kappa shape index (κ2) is 8.82. The predicted octanol–water partition coefficient (Wildman–Crippen LogP) is 0.200. The van der Waals surface area contributed by atoms with Crippen LogP contribution in [0.15, 0.2) is 0 Å². The van der Waals surface area contributed by atoms with E-state index >= 15 is 0 Å². The zero-order valence-electron chi connectivity index (χ0n) is 2.88. The Kier molecular flexibility index (Phi) is 16.0. The topological polar surface area (TPSA) is 20.2 Å². The van der Waals surface area contributed by atoms with Crippen LogP contribution >= 0.6 is 0 Å². The van der Waals surface area contributed by atoms with E-state index in [1.165, 1.54) is 0 Å². The number of hydrogen-bond acceptors (Lipinski definition) is 1. The largest absolute Gasteiger partial charge is 0.396 e. The van der Waals surface area contributed by atoms with Crippen molar-refractivity contribution in [3.8, 4) is 0 Å². The van der Waals surface area contributed by atoms with E-state index in [1.807, 2.05) is 0 Å². The Hall–Kier alpha value is 0.454. The Morgan fingerprint density at radius 3 is 1.80 bits per heavy atom. The molecule has 0 amide bonds. The van der Waals surface area contributed by atoms with Crippen molar-refractivity contribution >= 4 is 0 Å². The quantitative estimate of drug-likeness (QED) is 0.487. The van der Waals surface area contributed by atoms with Crippen molar-refractivity contribution in [3.05, 3.63) is 6.92 Å². The SMILES string of the molecule is [CH2]CCO.[Ni]. The smallest absolute Gasteiger partial charge is 0.0431 e. The molecule has 0 heterocycles. The van der Waals surface area contributed by atoms with E-state index in [1.54, 1.807) is 0 Å². The van der Waals surface area contributed by atoms with Crippen LogP contribution in [0.5, 0.6) is 0 Å². The first-order chi connectivity index (χ1) is 1.91. The van der Waals surface area contributed by atoms with Crippen molar-refractivity contribution in [2.24, 2.45) is 0 Å². The van der Waals surface area contributed by atoms with Crippen LogP contribution in [-0.4, -0.2) is 11.7 Å². The summed E-state index contributed by atoms with van der Waals surface area (Å²) in [5.41, 5.74) is 0. The summed E-state index contributed by atoms with van der Waals surface area (Å²) in [5, 5.41) is 7.81. The van der Waals surface area contributed by atoms with E-state index in [9.17, 15) is 0 Å². The Bertz CT molecular complexity index is 8.85. The normalized spacial score (nSPS) is 6.00. The van der Waals surface area contributed by atoms with Gasteiger partial charge >= 0.3 is 0 Å². The van der Waals surface area contributed by atoms with Crippen LogP contribution in [0.4, 0.5) is 0 Å². The molecule has 0 aliphatic rings. The molecule has 0 saturated heterocycles. The molecule has 1 radical (unpaired) electrons. The number of aliphatic hydroxyl groups is 1. The van der Waals surface area contributed by atoms with Gasteiger partial charge in [-0.2, -0.15) is 0 Å². The fourth-order valence-electron chi connectivity index (χ4n) is 0. The van der Waals surface area contributed by atoms with Crippen molar-refractivity contribution in [1.82, 2.24) is 0 Å². The average molecular weight is 118 g/mol. The summed E-state index contributed by atoms with van der Waals surface area (Å²) in [5.74, 6) is 0. The molecule has 0 aromatic heterocycles. The van der Waals surface area contributed by atoms with E-state index in [0.717, 1.165) is 0 Å². The maximum absolute atomic E-state index is 7.81. The molecule has 0 spiro atoms. The minimum Gasteiger partial charge on any atom is -0.396 e. The van der Waals surface area contributed by atoms with Crippen LogP contribution in [-0.2, 0) is 16.5 Å². The zero-order chi connectivity index (χ0) is 3.41. The number of hydrogen-bond donors (Lipinski definition) is 1. The maximum atomic E-state index is 7.81. The molecule has 0 aliphatic heterocycles. The summed E-state index contributed by atoms with van der Waals surface area (Å²) in [7, 11) is 0. The Labute approximate surface area is 42.3 Å². The molecule has 0 aliphatic carbocycles. The number of aliphatic hydroxyl groups excluding tert-OH is 1. The van der Waals surface area contributed by atoms with Crippen molar-refractivity contribution in [2.45, 2.75) is 6.42 Å². The van der Waals surface area contributed by atoms with Gasteiger partial charge < -0.3 is 5.11 Å². The van der Waals surface area contributed by atoms with Gasteiger partial charge in [-0.25, -0.2) is 0 Å². The third kappa shape index (κ3) is 12.7. The molecule has 0 atom stereocenters. The summed E-state index contributed by atoms with van der Waals surface area (Å²) in [6, 6.07) is 0. The summed E-state index contributed by atoms with van der Waals surface area (Å²) < 4.78 is 0. The van der Waals surface area contributed by atoms with Crippen molar-refractivity contribution < 1.29 is 21.6 Å². The Morgan fingerprint density at radius 2 is 1.80 bits per heavy atom. The monoisotopic (exact) mass is 117 g/mol. The summed E-state index contributed by atoms with van der Waals surface area (Å²) >= 11 is 0. The summed E-state index contributed by atoms with van der Waals surface area (Å²) in [6.45, 7) is 3.56. The zero-order valence-corrected chi connectivity index (χ0v) is 3.87. The Balaban J connectivity index is 0. The first-order valence-electron chi connectivity index (χ1n) is 1.32. The van der Waals surface area contributed by atoms with Crippen molar-refractivity contribution in [1.29, 1.82) is 0 Å². The summed E-state index contributed by atoms with van der Waals surface area (Å²) in [4.78, 5) is 0. The third-order valence-corrected chi connectivity index (χ3v) is 0.158. The molecule has 0 saturated carbocycles. The molecule has 1 N–H and O–H groups in total. The van der Waals surface area contributed by atoms with Crippen LogP contribution in [0.2, 0.25) is 0 Å². The van der Waals surface area contributed by atoms with Gasteiger partial charge in [-0.3, -0.25) is 0 Å². The molecule has 2 heteroatoms.